The van der Waals surface area contributed by atoms with Gasteiger partial charge in [-0.15, -0.1) is 0 Å². The van der Waals surface area contributed by atoms with Crippen molar-refractivity contribution in [1.29, 1.82) is 0 Å². The number of rotatable bonds is 10. The van der Waals surface area contributed by atoms with Gasteiger partial charge in [0.2, 0.25) is 17.7 Å². The van der Waals surface area contributed by atoms with Gasteiger partial charge in [0.15, 0.2) is 0 Å². The van der Waals surface area contributed by atoms with Gasteiger partial charge in [-0.05, 0) is 24.6 Å². The zero-order chi connectivity index (χ0) is 24.5. The monoisotopic (exact) mass is 487 g/mol. The summed E-state index contributed by atoms with van der Waals surface area (Å²) < 4.78 is 32.1. The molecule has 3 aromatic rings. The van der Waals surface area contributed by atoms with Crippen molar-refractivity contribution in [2.24, 2.45) is 5.92 Å². The van der Waals surface area contributed by atoms with E-state index in [0.29, 0.717) is 35.4 Å². The number of anilines is 1. The summed E-state index contributed by atoms with van der Waals surface area (Å²) in [5, 5.41) is 3.51. The topological polar surface area (TPSA) is 100 Å². The van der Waals surface area contributed by atoms with Crippen molar-refractivity contribution in [2.45, 2.75) is 45.0 Å². The van der Waals surface area contributed by atoms with Crippen molar-refractivity contribution < 1.29 is 23.4 Å². The van der Waals surface area contributed by atoms with Crippen LogP contribution in [0.4, 0.5) is 10.2 Å². The lowest BCUT2D eigenvalue weighted by Gasteiger charge is -2.15. The molecule has 34 heavy (non-hydrogen) atoms. The third-order valence-electron chi connectivity index (χ3n) is 5.68. The number of nitrogens with zero attached hydrogens (tertiary/aromatic N) is 4. The molecule has 0 saturated heterocycles. The van der Waals surface area contributed by atoms with E-state index in [2.05, 4.69) is 39.9 Å². The maximum absolute atomic E-state index is 13.3. The molecule has 1 aliphatic carbocycles. The van der Waals surface area contributed by atoms with Gasteiger partial charge in [0, 0.05) is 31.8 Å². The predicted molar refractivity (Wildman–Crippen MR) is 130 cm³/mol. The predicted octanol–water partition coefficient (Wildman–Crippen LogP) is 4.12. The summed E-state index contributed by atoms with van der Waals surface area (Å²) in [5.41, 5.74) is 1.95. The normalized spacial score (nSPS) is 17.6. The highest BCUT2D eigenvalue weighted by molar-refractivity contribution is 6.76. The van der Waals surface area contributed by atoms with E-state index in [0.717, 1.165) is 17.0 Å². The quantitative estimate of drug-likeness (QED) is 0.339. The van der Waals surface area contributed by atoms with Gasteiger partial charge in [0.05, 0.1) is 20.1 Å². The molecule has 0 aromatic carbocycles. The van der Waals surface area contributed by atoms with Gasteiger partial charge in [-0.1, -0.05) is 19.6 Å². The van der Waals surface area contributed by atoms with Crippen molar-refractivity contribution in [3.63, 3.8) is 0 Å². The molecule has 1 aliphatic rings. The Kier molecular flexibility index (Phi) is 6.85. The lowest BCUT2D eigenvalue weighted by Crippen LogP contribution is -2.22. The number of carbonyl (C=O) groups is 1. The van der Waals surface area contributed by atoms with Crippen LogP contribution in [0.25, 0.3) is 22.2 Å². The summed E-state index contributed by atoms with van der Waals surface area (Å²) in [6, 6.07) is 4.57. The first kappa shape index (κ1) is 24.1. The number of pyridine rings is 1. The second-order valence-corrected chi connectivity index (χ2v) is 15.2. The summed E-state index contributed by atoms with van der Waals surface area (Å²) in [4.78, 5) is 25.3. The van der Waals surface area contributed by atoms with Crippen LogP contribution in [0, 0.1) is 5.92 Å². The molecule has 9 nitrogen and oxygen atoms in total. The fourth-order valence-electron chi connectivity index (χ4n) is 3.62. The Hall–Kier alpha value is -3.05. The highest BCUT2D eigenvalue weighted by Gasteiger charge is 2.43. The number of amides is 1. The van der Waals surface area contributed by atoms with Gasteiger partial charge in [0.25, 0.3) is 0 Å². The molecule has 11 heteroatoms. The zero-order valence-corrected chi connectivity index (χ0v) is 21.1. The second-order valence-electron chi connectivity index (χ2n) is 9.54. The van der Waals surface area contributed by atoms with Gasteiger partial charge in [0.1, 0.15) is 36.3 Å². The first-order valence-electron chi connectivity index (χ1n) is 11.2. The summed E-state index contributed by atoms with van der Waals surface area (Å²) in [7, 11) is 1.83. The Morgan fingerprint density at radius 3 is 2.47 bits per heavy atom. The summed E-state index contributed by atoms with van der Waals surface area (Å²) in [5.74, 6) is 0.132. The van der Waals surface area contributed by atoms with Crippen molar-refractivity contribution >= 4 is 30.8 Å². The lowest BCUT2D eigenvalue weighted by molar-refractivity contribution is -0.117. The number of methoxy groups -OCH3 is 2. The number of nitrogens with one attached hydrogen (secondary N) is 1. The van der Waals surface area contributed by atoms with E-state index in [1.807, 2.05) is 16.8 Å². The number of ether oxygens (including phenoxy) is 3. The third-order valence-corrected chi connectivity index (χ3v) is 7.39. The fraction of sp³-hybridized carbons (Fsp3) is 0.478. The minimum absolute atomic E-state index is 0.257. The molecule has 2 unspecified atom stereocenters. The van der Waals surface area contributed by atoms with E-state index < -0.39 is 20.2 Å². The third kappa shape index (κ3) is 5.20. The van der Waals surface area contributed by atoms with Crippen LogP contribution in [0.2, 0.25) is 25.7 Å². The van der Waals surface area contributed by atoms with Crippen molar-refractivity contribution in [3.05, 3.63) is 24.7 Å². The van der Waals surface area contributed by atoms with Gasteiger partial charge >= 0.3 is 0 Å². The van der Waals surface area contributed by atoms with Gasteiger partial charge in [-0.3, -0.25) is 4.79 Å². The SMILES string of the molecule is COc1ncnc(OC)c1-c1cn(COCC[Si](C)(C)C)c2nc(NC(=O)C3CC3F)ccc12. The van der Waals surface area contributed by atoms with Crippen molar-refractivity contribution in [2.75, 3.05) is 26.1 Å². The Morgan fingerprint density at radius 1 is 1.21 bits per heavy atom. The highest BCUT2D eigenvalue weighted by atomic mass is 28.3. The van der Waals surface area contributed by atoms with Crippen LogP contribution in [-0.4, -0.2) is 60.5 Å². The Bertz CT molecular complexity index is 1170. The summed E-state index contributed by atoms with van der Waals surface area (Å²) in [6.07, 6.45) is 2.45. The van der Waals surface area contributed by atoms with Crippen molar-refractivity contribution in [3.8, 4) is 22.9 Å². The van der Waals surface area contributed by atoms with Gasteiger partial charge in [-0.2, -0.15) is 0 Å². The molecule has 0 spiro atoms. The molecule has 3 aromatic heterocycles. The van der Waals surface area contributed by atoms with Crippen LogP contribution >= 0.6 is 0 Å². The van der Waals surface area contributed by atoms with Crippen LogP contribution < -0.4 is 14.8 Å². The van der Waals surface area contributed by atoms with Crippen molar-refractivity contribution in [1.82, 2.24) is 19.5 Å². The Morgan fingerprint density at radius 2 is 1.88 bits per heavy atom. The molecule has 0 radical (unpaired) electrons. The number of carbonyl (C=O) groups excluding carboxylic acids is 1. The number of hydrogen-bond acceptors (Lipinski definition) is 7. The van der Waals surface area contributed by atoms with Crippen LogP contribution in [-0.2, 0) is 16.3 Å². The number of halogens is 1. The van der Waals surface area contributed by atoms with E-state index in [9.17, 15) is 9.18 Å². The largest absolute Gasteiger partial charge is 0.480 e. The van der Waals surface area contributed by atoms with E-state index >= 15 is 0 Å². The number of fused-ring (bicyclic) bond motifs is 1. The minimum atomic E-state index is -1.24. The summed E-state index contributed by atoms with van der Waals surface area (Å²) in [6.45, 7) is 7.81. The highest BCUT2D eigenvalue weighted by Crippen LogP contribution is 2.40. The molecule has 1 fully saturated rings. The first-order valence-corrected chi connectivity index (χ1v) is 14.9. The summed E-state index contributed by atoms with van der Waals surface area (Å²) >= 11 is 0. The molecule has 182 valence electrons. The fourth-order valence-corrected chi connectivity index (χ4v) is 4.38. The first-order chi connectivity index (χ1) is 16.2. The number of alkyl halides is 1. The molecule has 2 atom stereocenters. The molecule has 1 saturated carbocycles. The molecule has 3 heterocycles. The molecule has 4 rings (SSSR count). The number of aromatic nitrogens is 4. The number of hydrogen-bond donors (Lipinski definition) is 1. The molecule has 0 bridgehead atoms. The van der Waals surface area contributed by atoms with Crippen LogP contribution in [0.3, 0.4) is 0 Å². The smallest absolute Gasteiger partial charge is 0.231 e. The molecular formula is C23H30FN5O4Si. The standard InChI is InChI=1S/C23H30FN5O4Si/c1-31-22-19(23(32-2)26-12-25-22)16-11-29(13-33-8-9-34(3,4)5)20-14(16)6-7-18(27-20)28-21(30)15-10-17(15)24/h6-7,11-12,15,17H,8-10,13H2,1-5H3,(H,27,28,30). The maximum atomic E-state index is 13.3. The van der Waals surface area contributed by atoms with E-state index in [1.165, 1.54) is 20.5 Å². The van der Waals surface area contributed by atoms with Crippen LogP contribution in [0.1, 0.15) is 6.42 Å². The van der Waals surface area contributed by atoms with E-state index in [-0.39, 0.29) is 19.1 Å². The Labute approximate surface area is 198 Å². The zero-order valence-electron chi connectivity index (χ0n) is 20.1. The minimum Gasteiger partial charge on any atom is -0.480 e. The molecule has 0 aliphatic heterocycles. The van der Waals surface area contributed by atoms with Gasteiger partial charge < -0.3 is 24.1 Å². The van der Waals surface area contributed by atoms with Crippen LogP contribution in [0.15, 0.2) is 24.7 Å². The van der Waals surface area contributed by atoms with Crippen LogP contribution in [0.5, 0.6) is 11.8 Å². The van der Waals surface area contributed by atoms with E-state index in [4.69, 9.17) is 14.2 Å². The lowest BCUT2D eigenvalue weighted by atomic mass is 10.1. The van der Waals surface area contributed by atoms with Gasteiger partial charge in [-0.25, -0.2) is 19.3 Å². The average molecular weight is 488 g/mol. The Balaban J connectivity index is 1.72. The molecule has 1 N–H and O–H groups in total. The van der Waals surface area contributed by atoms with E-state index in [1.54, 1.807) is 6.07 Å². The molecule has 1 amide bonds. The maximum Gasteiger partial charge on any atom is 0.231 e. The average Bonchev–Trinajstić information content (AvgIpc) is 3.44. The second kappa shape index (κ2) is 9.67. The molecular weight excluding hydrogens is 457 g/mol.